The molecule has 0 bridgehead atoms. The van der Waals surface area contributed by atoms with Gasteiger partial charge in [0.05, 0.1) is 46.8 Å². The first-order valence-electron chi connectivity index (χ1n) is 18.2. The van der Waals surface area contributed by atoms with Crippen LogP contribution < -0.4 is 14.2 Å². The lowest BCUT2D eigenvalue weighted by atomic mass is 9.78. The van der Waals surface area contributed by atoms with Crippen molar-refractivity contribution in [2.24, 2.45) is 5.92 Å². The molecular formula is C43H46N2O10. The van der Waals surface area contributed by atoms with Gasteiger partial charge in [-0.15, -0.1) is 10.1 Å². The van der Waals surface area contributed by atoms with Crippen molar-refractivity contribution < 1.29 is 43.5 Å². The monoisotopic (exact) mass is 750 g/mol. The lowest BCUT2D eigenvalue weighted by Gasteiger charge is -2.43. The Morgan fingerprint density at radius 3 is 2.38 bits per heavy atom. The number of aliphatic hydroxyl groups excluding tert-OH is 1. The van der Waals surface area contributed by atoms with Gasteiger partial charge >= 0.3 is 0 Å². The van der Waals surface area contributed by atoms with E-state index in [9.17, 15) is 20.0 Å². The molecule has 0 radical (unpaired) electrons. The highest BCUT2D eigenvalue weighted by Gasteiger charge is 2.40. The fourth-order valence-electron chi connectivity index (χ4n) is 7.12. The molecule has 5 aromatic rings. The van der Waals surface area contributed by atoms with Gasteiger partial charge in [0.25, 0.3) is 11.0 Å². The van der Waals surface area contributed by atoms with Crippen molar-refractivity contribution in [3.05, 3.63) is 147 Å². The molecule has 0 aliphatic carbocycles. The zero-order valence-corrected chi connectivity index (χ0v) is 31.0. The molecule has 1 heterocycles. The summed E-state index contributed by atoms with van der Waals surface area (Å²) in [4.78, 5) is 30.9. The van der Waals surface area contributed by atoms with Crippen LogP contribution in [-0.2, 0) is 34.1 Å². The van der Waals surface area contributed by atoms with E-state index in [1.165, 1.54) is 0 Å². The molecular weight excluding hydrogens is 704 g/mol. The van der Waals surface area contributed by atoms with Gasteiger partial charge in [0, 0.05) is 54.5 Å². The van der Waals surface area contributed by atoms with Gasteiger partial charge in [-0.1, -0.05) is 66.7 Å². The summed E-state index contributed by atoms with van der Waals surface area (Å²) >= 11 is 0. The molecule has 0 aromatic heterocycles. The number of nitrogens with zero attached hydrogens (tertiary/aromatic N) is 2. The maximum absolute atomic E-state index is 13.9. The lowest BCUT2D eigenvalue weighted by Crippen LogP contribution is -2.52. The van der Waals surface area contributed by atoms with Gasteiger partial charge in [-0.3, -0.25) is 4.79 Å². The quantitative estimate of drug-likeness (QED) is 0.0567. The van der Waals surface area contributed by atoms with Gasteiger partial charge in [-0.25, -0.2) is 0 Å². The van der Waals surface area contributed by atoms with E-state index in [0.29, 0.717) is 43.1 Å². The summed E-state index contributed by atoms with van der Waals surface area (Å²) in [7, 11) is 3.29. The van der Waals surface area contributed by atoms with E-state index in [2.05, 4.69) is 10.9 Å². The Balaban J connectivity index is 1.16. The Hall–Kier alpha value is -5.69. The van der Waals surface area contributed by atoms with Crippen molar-refractivity contribution in [3.8, 4) is 17.2 Å². The number of hydrogen-bond acceptors (Lipinski definition) is 10. The molecule has 55 heavy (non-hydrogen) atoms. The van der Waals surface area contributed by atoms with E-state index in [1.807, 2.05) is 78.9 Å². The SMILES string of the molecule is COc1ccccc1COCCCOc1ccc(C2C(CO)CN(C(=O)c3cccc(CO[N+](=O)[O-])c3)CC2OCc2cc(OC)c3ccccc3c2)cc1. The highest BCUT2D eigenvalue weighted by atomic mass is 16.9. The summed E-state index contributed by atoms with van der Waals surface area (Å²) in [5.74, 6) is 1.39. The van der Waals surface area contributed by atoms with Gasteiger partial charge in [0.2, 0.25) is 0 Å². The minimum atomic E-state index is -0.863. The van der Waals surface area contributed by atoms with Gasteiger partial charge in [-0.2, -0.15) is 0 Å². The Morgan fingerprint density at radius 2 is 1.60 bits per heavy atom. The molecule has 1 saturated heterocycles. The lowest BCUT2D eigenvalue weighted by molar-refractivity contribution is -0.763. The molecule has 3 atom stereocenters. The number of hydrogen-bond donors (Lipinski definition) is 1. The molecule has 1 N–H and O–H groups in total. The standard InChI is InChI=1S/C43H46N2O10/c1-50-39-14-6-4-11-35(39)29-52-19-8-20-53-37-17-15-32(16-18-37)42-36(26-46)24-44(43(47)34-12-7-9-30(21-34)28-55-45(48)49)25-41(42)54-27-31-22-33-10-3-5-13-38(33)40(23-31)51-2/h3-7,9-18,21-23,36,41-42,46H,8,19-20,24-29H2,1-2H3. The second kappa shape index (κ2) is 19.1. The highest BCUT2D eigenvalue weighted by Crippen LogP contribution is 2.37. The zero-order valence-electron chi connectivity index (χ0n) is 31.0. The fraction of sp³-hybridized carbons (Fsp3) is 0.326. The average Bonchev–Trinajstić information content (AvgIpc) is 3.22. The van der Waals surface area contributed by atoms with Crippen LogP contribution in [0.1, 0.15) is 45.0 Å². The molecule has 1 fully saturated rings. The van der Waals surface area contributed by atoms with Crippen LogP contribution in [-0.4, -0.2) is 74.2 Å². The van der Waals surface area contributed by atoms with Crippen LogP contribution in [0.15, 0.2) is 109 Å². The van der Waals surface area contributed by atoms with Crippen molar-refractivity contribution in [2.75, 3.05) is 47.1 Å². The molecule has 3 unspecified atom stereocenters. The summed E-state index contributed by atoms with van der Waals surface area (Å²) in [6.07, 6.45) is 0.220. The normalized spacial score (nSPS) is 16.8. The third-order valence-electron chi connectivity index (χ3n) is 9.78. The van der Waals surface area contributed by atoms with Gasteiger partial charge < -0.3 is 38.5 Å². The number of benzene rings is 5. The van der Waals surface area contributed by atoms with Crippen molar-refractivity contribution in [1.29, 1.82) is 0 Å². The number of carbonyl (C=O) groups is 1. The molecule has 12 nitrogen and oxygen atoms in total. The maximum atomic E-state index is 13.9. The van der Waals surface area contributed by atoms with E-state index in [0.717, 1.165) is 39.0 Å². The minimum absolute atomic E-state index is 0.179. The largest absolute Gasteiger partial charge is 0.496 e. The molecule has 6 rings (SSSR count). The molecule has 12 heteroatoms. The number of fused-ring (bicyclic) bond motifs is 1. The second-order valence-corrected chi connectivity index (χ2v) is 13.4. The third kappa shape index (κ3) is 10.1. The highest BCUT2D eigenvalue weighted by molar-refractivity contribution is 5.94. The summed E-state index contributed by atoms with van der Waals surface area (Å²) < 4.78 is 29.7. The van der Waals surface area contributed by atoms with Crippen molar-refractivity contribution in [1.82, 2.24) is 4.90 Å². The molecule has 0 saturated carbocycles. The smallest absolute Gasteiger partial charge is 0.294 e. The number of aliphatic hydroxyl groups is 1. The summed E-state index contributed by atoms with van der Waals surface area (Å²) in [5.41, 5.74) is 3.72. The molecule has 5 aromatic carbocycles. The number of ether oxygens (including phenoxy) is 5. The predicted molar refractivity (Wildman–Crippen MR) is 206 cm³/mol. The number of rotatable bonds is 18. The molecule has 1 amide bonds. The Labute approximate surface area is 320 Å². The number of likely N-dealkylation sites (tertiary alicyclic amines) is 1. The average molecular weight is 751 g/mol. The van der Waals surface area contributed by atoms with E-state index in [4.69, 9.17) is 23.7 Å². The van der Waals surface area contributed by atoms with Gasteiger partial charge in [0.15, 0.2) is 0 Å². The minimum Gasteiger partial charge on any atom is -0.496 e. The van der Waals surface area contributed by atoms with Crippen molar-refractivity contribution in [3.63, 3.8) is 0 Å². The van der Waals surface area contributed by atoms with Crippen LogP contribution in [0.3, 0.4) is 0 Å². The van der Waals surface area contributed by atoms with Crippen LogP contribution in [0.25, 0.3) is 10.8 Å². The van der Waals surface area contributed by atoms with E-state index in [-0.39, 0.29) is 50.7 Å². The fourth-order valence-corrected chi connectivity index (χ4v) is 7.12. The zero-order chi connectivity index (χ0) is 38.6. The van der Waals surface area contributed by atoms with E-state index < -0.39 is 11.2 Å². The predicted octanol–water partition coefficient (Wildman–Crippen LogP) is 6.98. The number of methoxy groups -OCH3 is 2. The summed E-state index contributed by atoms with van der Waals surface area (Å²) in [6.45, 7) is 1.81. The molecule has 0 spiro atoms. The van der Waals surface area contributed by atoms with Crippen LogP contribution in [0.4, 0.5) is 0 Å². The van der Waals surface area contributed by atoms with Gasteiger partial charge in [-0.05, 0) is 64.5 Å². The number of amides is 1. The number of piperidine rings is 1. The summed E-state index contributed by atoms with van der Waals surface area (Å²) in [6, 6.07) is 34.2. The Morgan fingerprint density at radius 1 is 0.818 bits per heavy atom. The summed E-state index contributed by atoms with van der Waals surface area (Å²) in [5, 5.41) is 22.7. The molecule has 288 valence electrons. The topological polar surface area (TPSA) is 139 Å². The first-order chi connectivity index (χ1) is 26.9. The Bertz CT molecular complexity index is 2040. The van der Waals surface area contributed by atoms with Crippen LogP contribution in [0.5, 0.6) is 17.2 Å². The first-order valence-corrected chi connectivity index (χ1v) is 18.2. The van der Waals surface area contributed by atoms with Crippen LogP contribution in [0.2, 0.25) is 0 Å². The second-order valence-electron chi connectivity index (χ2n) is 13.4. The van der Waals surface area contributed by atoms with Crippen molar-refractivity contribution >= 4 is 16.7 Å². The molecule has 1 aliphatic heterocycles. The third-order valence-corrected chi connectivity index (χ3v) is 9.78. The first kappa shape index (κ1) is 39.0. The molecule has 1 aliphatic rings. The maximum Gasteiger partial charge on any atom is 0.294 e. The van der Waals surface area contributed by atoms with Crippen LogP contribution >= 0.6 is 0 Å². The van der Waals surface area contributed by atoms with Crippen LogP contribution in [0, 0.1) is 16.0 Å². The van der Waals surface area contributed by atoms with E-state index in [1.54, 1.807) is 43.4 Å². The number of carbonyl (C=O) groups excluding carboxylic acids is 1. The van der Waals surface area contributed by atoms with E-state index >= 15 is 0 Å². The number of para-hydroxylation sites is 1. The van der Waals surface area contributed by atoms with Gasteiger partial charge in [0.1, 0.15) is 23.9 Å². The Kier molecular flexibility index (Phi) is 13.5. The van der Waals surface area contributed by atoms with Crippen molar-refractivity contribution in [2.45, 2.75) is 38.3 Å².